The number of para-hydroxylation sites is 1. The SMILES string of the molecule is C=CCSC1=NN2C(=c3ccccc3=N[C@@H]2c2cccc(Cl)c2)C(=O)N1. The van der Waals surface area contributed by atoms with E-state index in [1.165, 1.54) is 11.8 Å². The largest absolute Gasteiger partial charge is 0.298 e. The van der Waals surface area contributed by atoms with Gasteiger partial charge in [0.2, 0.25) is 0 Å². The van der Waals surface area contributed by atoms with Gasteiger partial charge in [-0.05, 0) is 23.8 Å². The van der Waals surface area contributed by atoms with Crippen molar-refractivity contribution in [1.29, 1.82) is 0 Å². The van der Waals surface area contributed by atoms with Crippen LogP contribution in [0, 0.1) is 0 Å². The summed E-state index contributed by atoms with van der Waals surface area (Å²) < 4.78 is 0. The van der Waals surface area contributed by atoms with Crippen LogP contribution < -0.4 is 15.9 Å². The standard InChI is InChI=1S/C19H15ClN4OS/c1-2-10-26-19-22-18(25)16-14-8-3-4-9-15(14)21-17(24(16)23-19)12-6-5-7-13(20)11-12/h2-9,11,17H,1,10H2,(H,22,23,25)/t17-/m0/s1. The average molecular weight is 383 g/mol. The second-order valence-corrected chi connectivity index (χ2v) is 7.17. The zero-order valence-corrected chi connectivity index (χ0v) is 15.3. The Hall–Kier alpha value is -2.57. The Labute approximate surface area is 159 Å². The maximum absolute atomic E-state index is 12.8. The zero-order chi connectivity index (χ0) is 18.1. The molecule has 1 N–H and O–H groups in total. The third-order valence-corrected chi connectivity index (χ3v) is 5.09. The lowest BCUT2D eigenvalue weighted by atomic mass is 10.1. The Morgan fingerprint density at radius 1 is 1.27 bits per heavy atom. The van der Waals surface area contributed by atoms with Crippen molar-refractivity contribution < 1.29 is 4.79 Å². The number of fused-ring (bicyclic) bond motifs is 2. The van der Waals surface area contributed by atoms with Gasteiger partial charge in [-0.2, -0.15) is 0 Å². The molecule has 1 atom stereocenters. The summed E-state index contributed by atoms with van der Waals surface area (Å²) in [5.74, 6) is 0.457. The van der Waals surface area contributed by atoms with E-state index < -0.39 is 6.17 Å². The van der Waals surface area contributed by atoms with Crippen LogP contribution in [0.4, 0.5) is 0 Å². The molecule has 2 aliphatic rings. The molecule has 1 amide bonds. The minimum atomic E-state index is -0.455. The Balaban J connectivity index is 1.92. The molecule has 0 bridgehead atoms. The van der Waals surface area contributed by atoms with Crippen LogP contribution in [0.1, 0.15) is 11.7 Å². The molecule has 130 valence electrons. The Morgan fingerprint density at radius 2 is 2.12 bits per heavy atom. The van der Waals surface area contributed by atoms with Gasteiger partial charge in [0.25, 0.3) is 5.91 Å². The first-order chi connectivity index (χ1) is 12.7. The van der Waals surface area contributed by atoms with E-state index in [0.717, 1.165) is 16.1 Å². The Kier molecular flexibility index (Phi) is 4.53. The number of hydrazone groups is 1. The minimum absolute atomic E-state index is 0.194. The van der Waals surface area contributed by atoms with E-state index in [1.54, 1.807) is 11.1 Å². The lowest BCUT2D eigenvalue weighted by Crippen LogP contribution is -2.50. The maximum Gasteiger partial charge on any atom is 0.276 e. The van der Waals surface area contributed by atoms with Gasteiger partial charge >= 0.3 is 0 Å². The Morgan fingerprint density at radius 3 is 2.92 bits per heavy atom. The highest BCUT2D eigenvalue weighted by atomic mass is 35.5. The highest BCUT2D eigenvalue weighted by molar-refractivity contribution is 8.14. The summed E-state index contributed by atoms with van der Waals surface area (Å²) in [5, 5.41) is 11.8. The molecule has 26 heavy (non-hydrogen) atoms. The topological polar surface area (TPSA) is 57.1 Å². The molecule has 0 saturated carbocycles. The van der Waals surface area contributed by atoms with Crippen molar-refractivity contribution in [3.05, 3.63) is 82.3 Å². The third-order valence-electron chi connectivity index (χ3n) is 4.00. The molecule has 0 unspecified atom stereocenters. The molecule has 2 aromatic carbocycles. The van der Waals surface area contributed by atoms with E-state index in [2.05, 4.69) is 17.0 Å². The monoisotopic (exact) mass is 382 g/mol. The summed E-state index contributed by atoms with van der Waals surface area (Å²) >= 11 is 7.58. The first-order valence-electron chi connectivity index (χ1n) is 8.03. The summed E-state index contributed by atoms with van der Waals surface area (Å²) in [6, 6.07) is 15.0. The molecule has 0 aliphatic carbocycles. The molecule has 2 aromatic rings. The van der Waals surface area contributed by atoms with E-state index in [9.17, 15) is 4.79 Å². The van der Waals surface area contributed by atoms with Gasteiger partial charge in [-0.1, -0.05) is 59.8 Å². The molecule has 4 rings (SSSR count). The van der Waals surface area contributed by atoms with E-state index in [1.807, 2.05) is 48.5 Å². The number of hydrogen-bond donors (Lipinski definition) is 1. The molecule has 2 heterocycles. The zero-order valence-electron chi connectivity index (χ0n) is 13.7. The highest BCUT2D eigenvalue weighted by Crippen LogP contribution is 2.31. The Bertz CT molecular complexity index is 1050. The second-order valence-electron chi connectivity index (χ2n) is 5.73. The lowest BCUT2D eigenvalue weighted by molar-refractivity contribution is -0.116. The van der Waals surface area contributed by atoms with Crippen molar-refractivity contribution >= 4 is 40.1 Å². The molecule has 7 heteroatoms. The van der Waals surface area contributed by atoms with E-state index in [-0.39, 0.29) is 5.91 Å². The van der Waals surface area contributed by atoms with Crippen molar-refractivity contribution in [2.24, 2.45) is 10.1 Å². The number of amidine groups is 1. The van der Waals surface area contributed by atoms with Gasteiger partial charge in [-0.3, -0.25) is 15.1 Å². The second kappa shape index (κ2) is 6.97. The van der Waals surface area contributed by atoms with Crippen LogP contribution in [-0.2, 0) is 4.79 Å². The summed E-state index contributed by atoms with van der Waals surface area (Å²) in [4.78, 5) is 17.7. The van der Waals surface area contributed by atoms with Crippen molar-refractivity contribution in [1.82, 2.24) is 10.3 Å². The molecule has 2 aliphatic heterocycles. The van der Waals surface area contributed by atoms with Crippen LogP contribution in [0.25, 0.3) is 5.70 Å². The number of benzene rings is 2. The number of rotatable bonds is 3. The predicted molar refractivity (Wildman–Crippen MR) is 105 cm³/mol. The molecular weight excluding hydrogens is 368 g/mol. The van der Waals surface area contributed by atoms with Crippen LogP contribution in [-0.4, -0.2) is 21.8 Å². The van der Waals surface area contributed by atoms with Crippen molar-refractivity contribution in [2.45, 2.75) is 6.17 Å². The number of hydrogen-bond acceptors (Lipinski definition) is 5. The summed E-state index contributed by atoms with van der Waals surface area (Å²) in [5.41, 5.74) is 1.36. The fraction of sp³-hybridized carbons (Fsp3) is 0.105. The van der Waals surface area contributed by atoms with Gasteiger partial charge in [-0.25, -0.2) is 5.01 Å². The van der Waals surface area contributed by atoms with Gasteiger partial charge in [0, 0.05) is 16.0 Å². The van der Waals surface area contributed by atoms with Crippen LogP contribution in [0.5, 0.6) is 0 Å². The van der Waals surface area contributed by atoms with Gasteiger partial charge in [0.05, 0.1) is 5.36 Å². The van der Waals surface area contributed by atoms with Crippen LogP contribution >= 0.6 is 23.4 Å². The fourth-order valence-electron chi connectivity index (χ4n) is 2.91. The molecular formula is C19H15ClN4OS. The van der Waals surface area contributed by atoms with Crippen LogP contribution in [0.2, 0.25) is 5.02 Å². The fourth-order valence-corrected chi connectivity index (χ4v) is 3.70. The van der Waals surface area contributed by atoms with E-state index >= 15 is 0 Å². The first kappa shape index (κ1) is 16.9. The number of thioether (sulfide) groups is 1. The van der Waals surface area contributed by atoms with Gasteiger partial charge < -0.3 is 0 Å². The number of halogens is 1. The lowest BCUT2D eigenvalue weighted by Gasteiger charge is -2.34. The number of carbonyl (C=O) groups excluding carboxylic acids is 1. The average Bonchev–Trinajstić information content (AvgIpc) is 2.65. The van der Waals surface area contributed by atoms with E-state index in [0.29, 0.717) is 21.6 Å². The summed E-state index contributed by atoms with van der Waals surface area (Å²) in [6.45, 7) is 3.71. The molecule has 0 spiro atoms. The number of nitrogens with one attached hydrogen (secondary N) is 1. The molecule has 0 saturated heterocycles. The first-order valence-corrected chi connectivity index (χ1v) is 9.39. The summed E-state index contributed by atoms with van der Waals surface area (Å²) in [6.07, 6.45) is 1.31. The quantitative estimate of drug-likeness (QED) is 0.829. The van der Waals surface area contributed by atoms with Crippen molar-refractivity contribution in [3.8, 4) is 0 Å². The maximum atomic E-state index is 12.8. The number of carbonyl (C=O) groups is 1. The molecule has 0 radical (unpaired) electrons. The van der Waals surface area contributed by atoms with Gasteiger partial charge in [0.1, 0.15) is 5.70 Å². The van der Waals surface area contributed by atoms with Gasteiger partial charge in [-0.15, -0.1) is 11.7 Å². The van der Waals surface area contributed by atoms with Crippen molar-refractivity contribution in [3.63, 3.8) is 0 Å². The van der Waals surface area contributed by atoms with Crippen LogP contribution in [0.3, 0.4) is 0 Å². The smallest absolute Gasteiger partial charge is 0.276 e. The molecule has 0 aromatic heterocycles. The molecule has 0 fully saturated rings. The van der Waals surface area contributed by atoms with Crippen LogP contribution in [0.15, 0.2) is 71.3 Å². The summed E-state index contributed by atoms with van der Waals surface area (Å²) in [7, 11) is 0. The number of amides is 1. The molecule has 5 nitrogen and oxygen atoms in total. The predicted octanol–water partition coefficient (Wildman–Crippen LogP) is 2.40. The highest BCUT2D eigenvalue weighted by Gasteiger charge is 2.34. The number of nitrogens with zero attached hydrogens (tertiary/aromatic N) is 3. The third kappa shape index (κ3) is 3.02. The van der Waals surface area contributed by atoms with E-state index in [4.69, 9.17) is 16.6 Å². The van der Waals surface area contributed by atoms with Crippen molar-refractivity contribution in [2.75, 3.05) is 5.75 Å². The minimum Gasteiger partial charge on any atom is -0.298 e. The van der Waals surface area contributed by atoms with Gasteiger partial charge in [0.15, 0.2) is 11.3 Å². The normalized spacial score (nSPS) is 18.3.